The second kappa shape index (κ2) is 7.74. The van der Waals surface area contributed by atoms with E-state index in [4.69, 9.17) is 16.3 Å². The number of halogens is 2. The largest absolute Gasteiger partial charge is 0.449 e. The Hall–Kier alpha value is -2.40. The molecule has 120 valence electrons. The summed E-state index contributed by atoms with van der Waals surface area (Å²) in [6.07, 6.45) is -1.05. The molecule has 0 aliphatic rings. The highest BCUT2D eigenvalue weighted by molar-refractivity contribution is 6.31. The van der Waals surface area contributed by atoms with Crippen molar-refractivity contribution in [1.82, 2.24) is 5.32 Å². The molecule has 0 aromatic heterocycles. The van der Waals surface area contributed by atoms with Crippen LogP contribution in [0.1, 0.15) is 22.8 Å². The van der Waals surface area contributed by atoms with Crippen LogP contribution in [0.5, 0.6) is 0 Å². The van der Waals surface area contributed by atoms with Gasteiger partial charge in [0.15, 0.2) is 6.10 Å². The smallest absolute Gasteiger partial charge is 0.341 e. The number of esters is 1. The molecule has 0 heterocycles. The summed E-state index contributed by atoms with van der Waals surface area (Å²) in [7, 11) is 0. The van der Waals surface area contributed by atoms with Crippen LogP contribution < -0.4 is 5.32 Å². The summed E-state index contributed by atoms with van der Waals surface area (Å²) >= 11 is 5.99. The Labute approximate surface area is 138 Å². The van der Waals surface area contributed by atoms with Crippen molar-refractivity contribution in [2.45, 2.75) is 19.6 Å². The van der Waals surface area contributed by atoms with E-state index in [1.165, 1.54) is 25.1 Å². The van der Waals surface area contributed by atoms with Gasteiger partial charge < -0.3 is 10.1 Å². The fourth-order valence-corrected chi connectivity index (χ4v) is 2.07. The lowest BCUT2D eigenvalue weighted by molar-refractivity contribution is -0.129. The molecule has 0 aliphatic carbocycles. The highest BCUT2D eigenvalue weighted by Gasteiger charge is 2.20. The zero-order valence-electron chi connectivity index (χ0n) is 12.4. The van der Waals surface area contributed by atoms with E-state index in [2.05, 4.69) is 5.32 Å². The minimum absolute atomic E-state index is 0.208. The molecule has 2 aromatic rings. The van der Waals surface area contributed by atoms with E-state index in [1.54, 1.807) is 24.3 Å². The molecule has 1 atom stereocenters. The van der Waals surface area contributed by atoms with Crippen LogP contribution in [0.15, 0.2) is 48.5 Å². The molecule has 0 bridgehead atoms. The Morgan fingerprint density at radius 2 is 1.83 bits per heavy atom. The van der Waals surface area contributed by atoms with E-state index >= 15 is 0 Å². The standard InChI is InChI=1S/C17H15ClFNO3/c1-11(23-17(22)13-7-3-5-9-15(13)19)16(21)20-10-12-6-2-4-8-14(12)18/h2-9,11H,10H2,1H3,(H,20,21)/t11-/m0/s1. The van der Waals surface area contributed by atoms with Gasteiger partial charge in [-0.3, -0.25) is 4.79 Å². The minimum Gasteiger partial charge on any atom is -0.449 e. The topological polar surface area (TPSA) is 55.4 Å². The van der Waals surface area contributed by atoms with Crippen LogP contribution >= 0.6 is 11.6 Å². The lowest BCUT2D eigenvalue weighted by atomic mass is 10.2. The lowest BCUT2D eigenvalue weighted by Gasteiger charge is -2.14. The van der Waals surface area contributed by atoms with Crippen LogP contribution in [0.4, 0.5) is 4.39 Å². The summed E-state index contributed by atoms with van der Waals surface area (Å²) in [6, 6.07) is 12.5. The van der Waals surface area contributed by atoms with E-state index < -0.39 is 23.8 Å². The Kier molecular flexibility index (Phi) is 5.71. The first kappa shape index (κ1) is 17.0. The fourth-order valence-electron chi connectivity index (χ4n) is 1.87. The highest BCUT2D eigenvalue weighted by Crippen LogP contribution is 2.14. The number of nitrogens with one attached hydrogen (secondary N) is 1. The van der Waals surface area contributed by atoms with Gasteiger partial charge in [-0.2, -0.15) is 0 Å². The van der Waals surface area contributed by atoms with Gasteiger partial charge in [-0.25, -0.2) is 9.18 Å². The maximum atomic E-state index is 13.5. The Bertz CT molecular complexity index is 720. The molecule has 0 saturated heterocycles. The average molecular weight is 336 g/mol. The van der Waals surface area contributed by atoms with Crippen molar-refractivity contribution in [3.05, 3.63) is 70.5 Å². The summed E-state index contributed by atoms with van der Waals surface area (Å²) < 4.78 is 18.5. The maximum absolute atomic E-state index is 13.5. The summed E-state index contributed by atoms with van der Waals surface area (Å²) in [5.74, 6) is -2.07. The summed E-state index contributed by atoms with van der Waals surface area (Å²) in [4.78, 5) is 23.8. The van der Waals surface area contributed by atoms with Crippen molar-refractivity contribution >= 4 is 23.5 Å². The van der Waals surface area contributed by atoms with Gasteiger partial charge in [-0.05, 0) is 30.7 Å². The number of carbonyl (C=O) groups is 2. The first-order valence-electron chi connectivity index (χ1n) is 6.95. The summed E-state index contributed by atoms with van der Waals surface area (Å²) in [5, 5.41) is 3.15. The van der Waals surface area contributed by atoms with E-state index in [0.717, 1.165) is 11.6 Å². The predicted molar refractivity (Wildman–Crippen MR) is 84.6 cm³/mol. The number of ether oxygens (including phenoxy) is 1. The normalized spacial score (nSPS) is 11.6. The zero-order valence-corrected chi connectivity index (χ0v) is 13.1. The third-order valence-electron chi connectivity index (χ3n) is 3.16. The number of amides is 1. The second-order valence-electron chi connectivity index (χ2n) is 4.84. The monoisotopic (exact) mass is 335 g/mol. The Morgan fingerprint density at radius 1 is 1.17 bits per heavy atom. The molecule has 0 aliphatic heterocycles. The first-order valence-corrected chi connectivity index (χ1v) is 7.33. The van der Waals surface area contributed by atoms with Crippen LogP contribution in [0, 0.1) is 5.82 Å². The molecule has 0 saturated carbocycles. The molecule has 2 rings (SSSR count). The van der Waals surface area contributed by atoms with E-state index in [0.29, 0.717) is 5.02 Å². The number of benzene rings is 2. The van der Waals surface area contributed by atoms with Gasteiger partial charge in [-0.15, -0.1) is 0 Å². The van der Waals surface area contributed by atoms with Crippen LogP contribution in [0.3, 0.4) is 0 Å². The van der Waals surface area contributed by atoms with Crippen molar-refractivity contribution in [3.8, 4) is 0 Å². The highest BCUT2D eigenvalue weighted by atomic mass is 35.5. The number of hydrogen-bond donors (Lipinski definition) is 1. The fraction of sp³-hybridized carbons (Fsp3) is 0.176. The van der Waals surface area contributed by atoms with Crippen LogP contribution in [-0.4, -0.2) is 18.0 Å². The predicted octanol–water partition coefficient (Wildman–Crippen LogP) is 3.34. The van der Waals surface area contributed by atoms with Crippen molar-refractivity contribution in [1.29, 1.82) is 0 Å². The average Bonchev–Trinajstić information content (AvgIpc) is 2.54. The molecule has 1 N–H and O–H groups in total. The van der Waals surface area contributed by atoms with E-state index in [1.807, 2.05) is 0 Å². The van der Waals surface area contributed by atoms with Crippen LogP contribution in [0.2, 0.25) is 5.02 Å². The zero-order chi connectivity index (χ0) is 16.8. The molecule has 0 spiro atoms. The van der Waals surface area contributed by atoms with E-state index in [9.17, 15) is 14.0 Å². The van der Waals surface area contributed by atoms with Gasteiger partial charge in [0, 0.05) is 11.6 Å². The quantitative estimate of drug-likeness (QED) is 0.853. The third-order valence-corrected chi connectivity index (χ3v) is 3.53. The minimum atomic E-state index is -1.05. The van der Waals surface area contributed by atoms with Crippen LogP contribution in [-0.2, 0) is 16.1 Å². The first-order chi connectivity index (χ1) is 11.0. The van der Waals surface area contributed by atoms with Gasteiger partial charge >= 0.3 is 5.97 Å². The van der Waals surface area contributed by atoms with Crippen molar-refractivity contribution in [2.24, 2.45) is 0 Å². The number of carbonyl (C=O) groups excluding carboxylic acids is 2. The molecule has 0 radical (unpaired) electrons. The van der Waals surface area contributed by atoms with Gasteiger partial charge in [-0.1, -0.05) is 41.9 Å². The molecule has 6 heteroatoms. The summed E-state index contributed by atoms with van der Waals surface area (Å²) in [5.41, 5.74) is 0.536. The van der Waals surface area contributed by atoms with Crippen LogP contribution in [0.25, 0.3) is 0 Å². The van der Waals surface area contributed by atoms with Crippen molar-refractivity contribution < 1.29 is 18.7 Å². The SMILES string of the molecule is C[C@H](OC(=O)c1ccccc1F)C(=O)NCc1ccccc1Cl. The maximum Gasteiger partial charge on any atom is 0.341 e. The molecule has 0 unspecified atom stereocenters. The molecular weight excluding hydrogens is 321 g/mol. The van der Waals surface area contributed by atoms with E-state index in [-0.39, 0.29) is 12.1 Å². The third kappa shape index (κ3) is 4.53. The molecule has 0 fully saturated rings. The number of rotatable bonds is 5. The van der Waals surface area contributed by atoms with Crippen molar-refractivity contribution in [2.75, 3.05) is 0 Å². The molecule has 4 nitrogen and oxygen atoms in total. The van der Waals surface area contributed by atoms with Gasteiger partial charge in [0.25, 0.3) is 5.91 Å². The lowest BCUT2D eigenvalue weighted by Crippen LogP contribution is -2.35. The second-order valence-corrected chi connectivity index (χ2v) is 5.24. The van der Waals surface area contributed by atoms with Gasteiger partial charge in [0.1, 0.15) is 5.82 Å². The van der Waals surface area contributed by atoms with Gasteiger partial charge in [0.2, 0.25) is 0 Å². The molecule has 23 heavy (non-hydrogen) atoms. The summed E-state index contributed by atoms with van der Waals surface area (Å²) in [6.45, 7) is 1.63. The van der Waals surface area contributed by atoms with Crippen molar-refractivity contribution in [3.63, 3.8) is 0 Å². The van der Waals surface area contributed by atoms with Gasteiger partial charge in [0.05, 0.1) is 5.56 Å². The molecule has 2 aromatic carbocycles. The Balaban J connectivity index is 1.91. The molecular formula is C17H15ClFNO3. The number of hydrogen-bond acceptors (Lipinski definition) is 3. The Morgan fingerprint density at radius 3 is 2.52 bits per heavy atom. The molecule has 1 amide bonds.